The van der Waals surface area contributed by atoms with Gasteiger partial charge in [-0.05, 0) is 30.3 Å². The highest BCUT2D eigenvalue weighted by atomic mass is 35.5. The van der Waals surface area contributed by atoms with Crippen LogP contribution in [0.5, 0.6) is 5.75 Å². The van der Waals surface area contributed by atoms with E-state index >= 15 is 0 Å². The lowest BCUT2D eigenvalue weighted by atomic mass is 10.3. The van der Waals surface area contributed by atoms with Crippen LogP contribution >= 0.6 is 11.6 Å². The molecule has 0 spiro atoms. The molecule has 8 nitrogen and oxygen atoms in total. The van der Waals surface area contributed by atoms with Crippen molar-refractivity contribution in [3.05, 3.63) is 41.2 Å². The molecule has 0 aliphatic carbocycles. The van der Waals surface area contributed by atoms with Crippen LogP contribution in [0.15, 0.2) is 44.3 Å². The molecule has 0 aliphatic heterocycles. The Hall–Kier alpha value is -2.52. The van der Waals surface area contributed by atoms with Crippen molar-refractivity contribution in [1.82, 2.24) is 10.2 Å². The molecule has 3 rings (SSSR count). The number of aryl methyl sites for hydroxylation is 1. The van der Waals surface area contributed by atoms with E-state index in [1.165, 1.54) is 31.4 Å². The first-order valence-electron chi connectivity index (χ1n) is 7.22. The van der Waals surface area contributed by atoms with E-state index in [1.54, 1.807) is 6.07 Å². The van der Waals surface area contributed by atoms with Crippen LogP contribution in [0, 0.1) is 0 Å². The van der Waals surface area contributed by atoms with Crippen LogP contribution in [0.2, 0.25) is 5.02 Å². The molecule has 0 unspecified atom stereocenters. The average Bonchev–Trinajstić information content (AvgIpc) is 3.24. The number of rotatable bonds is 6. The van der Waals surface area contributed by atoms with Crippen molar-refractivity contribution in [2.75, 3.05) is 11.8 Å². The monoisotopic (exact) mass is 383 g/mol. The molecule has 25 heavy (non-hydrogen) atoms. The van der Waals surface area contributed by atoms with Gasteiger partial charge in [0.05, 0.1) is 17.8 Å². The topological polar surface area (TPSA) is 107 Å². The van der Waals surface area contributed by atoms with E-state index in [0.29, 0.717) is 18.1 Å². The number of ether oxygens (including phenoxy) is 1. The zero-order valence-corrected chi connectivity index (χ0v) is 14.9. The van der Waals surface area contributed by atoms with Gasteiger partial charge in [0.25, 0.3) is 15.9 Å². The van der Waals surface area contributed by atoms with Gasteiger partial charge < -0.3 is 13.6 Å². The minimum Gasteiger partial charge on any atom is -0.495 e. The Labute approximate surface area is 148 Å². The van der Waals surface area contributed by atoms with Gasteiger partial charge in [0, 0.05) is 6.42 Å². The van der Waals surface area contributed by atoms with Crippen molar-refractivity contribution in [1.29, 1.82) is 0 Å². The Morgan fingerprint density at radius 2 is 2.00 bits per heavy atom. The maximum absolute atomic E-state index is 12.4. The highest BCUT2D eigenvalue weighted by Crippen LogP contribution is 2.29. The molecule has 3 aromatic rings. The number of hydrogen-bond donors (Lipinski definition) is 1. The third-order valence-electron chi connectivity index (χ3n) is 3.23. The molecule has 0 aliphatic rings. The minimum atomic E-state index is -3.94. The van der Waals surface area contributed by atoms with Gasteiger partial charge in [-0.1, -0.05) is 18.5 Å². The van der Waals surface area contributed by atoms with Gasteiger partial charge in [-0.15, -0.1) is 10.2 Å². The number of benzene rings is 1. The normalized spacial score (nSPS) is 11.5. The molecule has 0 saturated carbocycles. The summed E-state index contributed by atoms with van der Waals surface area (Å²) in [6.07, 6.45) is 0.568. The van der Waals surface area contributed by atoms with E-state index in [9.17, 15) is 8.42 Å². The molecule has 2 aromatic heterocycles. The highest BCUT2D eigenvalue weighted by Gasteiger charge is 2.22. The van der Waals surface area contributed by atoms with Gasteiger partial charge in [0.15, 0.2) is 5.76 Å². The fraction of sp³-hybridized carbons (Fsp3) is 0.200. The largest absolute Gasteiger partial charge is 0.495 e. The molecule has 0 fully saturated rings. The number of nitrogens with zero attached hydrogens (tertiary/aromatic N) is 2. The molecule has 1 aromatic carbocycles. The minimum absolute atomic E-state index is 0.116. The molecule has 2 heterocycles. The summed E-state index contributed by atoms with van der Waals surface area (Å²) in [4.78, 5) is 0. The molecule has 0 atom stereocenters. The summed E-state index contributed by atoms with van der Waals surface area (Å²) in [6.45, 7) is 1.86. The number of halogens is 1. The van der Waals surface area contributed by atoms with Crippen molar-refractivity contribution in [2.45, 2.75) is 18.4 Å². The third kappa shape index (κ3) is 3.62. The first-order chi connectivity index (χ1) is 11.9. The van der Waals surface area contributed by atoms with Crippen LogP contribution in [-0.2, 0) is 16.4 Å². The Morgan fingerprint density at radius 1 is 1.20 bits per heavy atom. The Kier molecular flexibility index (Phi) is 4.69. The number of hydrogen-bond acceptors (Lipinski definition) is 7. The van der Waals surface area contributed by atoms with Gasteiger partial charge >= 0.3 is 0 Å². The SMILES string of the molecule is CCc1nnc(-c2ccc(S(=O)(=O)Nc3ccc(OC)c(Cl)c3)o2)o1. The lowest BCUT2D eigenvalue weighted by Gasteiger charge is -2.08. The highest BCUT2D eigenvalue weighted by molar-refractivity contribution is 7.92. The van der Waals surface area contributed by atoms with Crippen molar-refractivity contribution in [3.63, 3.8) is 0 Å². The van der Waals surface area contributed by atoms with Gasteiger partial charge in [-0.2, -0.15) is 8.42 Å². The summed E-state index contributed by atoms with van der Waals surface area (Å²) in [5.41, 5.74) is 0.273. The molecule has 132 valence electrons. The van der Waals surface area contributed by atoms with E-state index in [-0.39, 0.29) is 27.5 Å². The number of sulfonamides is 1. The quantitative estimate of drug-likeness (QED) is 0.695. The first kappa shape index (κ1) is 17.3. The van der Waals surface area contributed by atoms with Crippen LogP contribution in [0.4, 0.5) is 5.69 Å². The van der Waals surface area contributed by atoms with Gasteiger partial charge in [0.1, 0.15) is 5.75 Å². The van der Waals surface area contributed by atoms with Gasteiger partial charge in [-0.3, -0.25) is 4.72 Å². The van der Waals surface area contributed by atoms with E-state index in [2.05, 4.69) is 14.9 Å². The number of methoxy groups -OCH3 is 1. The summed E-state index contributed by atoms with van der Waals surface area (Å²) in [5.74, 6) is 1.15. The van der Waals surface area contributed by atoms with E-state index in [0.717, 1.165) is 0 Å². The zero-order chi connectivity index (χ0) is 18.0. The first-order valence-corrected chi connectivity index (χ1v) is 9.08. The van der Waals surface area contributed by atoms with Crippen molar-refractivity contribution < 1.29 is 22.0 Å². The maximum Gasteiger partial charge on any atom is 0.295 e. The van der Waals surface area contributed by atoms with Crippen LogP contribution in [-0.4, -0.2) is 25.7 Å². The second kappa shape index (κ2) is 6.77. The predicted molar refractivity (Wildman–Crippen MR) is 90.2 cm³/mol. The van der Waals surface area contributed by atoms with Crippen LogP contribution in [0.25, 0.3) is 11.7 Å². The number of aromatic nitrogens is 2. The molecule has 0 amide bonds. The molecular weight excluding hydrogens is 370 g/mol. The summed E-state index contributed by atoms with van der Waals surface area (Å²) in [5, 5.41) is 7.61. The van der Waals surface area contributed by atoms with Crippen molar-refractivity contribution in [3.8, 4) is 17.4 Å². The van der Waals surface area contributed by atoms with E-state index < -0.39 is 10.0 Å². The molecule has 10 heteroatoms. The summed E-state index contributed by atoms with van der Waals surface area (Å²) < 4.78 is 42.9. The molecule has 0 saturated heterocycles. The number of furan rings is 1. The fourth-order valence-electron chi connectivity index (χ4n) is 2.01. The summed E-state index contributed by atoms with van der Waals surface area (Å²) in [6, 6.07) is 7.27. The Balaban J connectivity index is 1.84. The second-order valence-corrected chi connectivity index (χ2v) is 6.95. The van der Waals surface area contributed by atoms with Crippen molar-refractivity contribution >= 4 is 27.3 Å². The molecular formula is C15H14ClN3O5S. The maximum atomic E-state index is 12.4. The van der Waals surface area contributed by atoms with Crippen LogP contribution < -0.4 is 9.46 Å². The number of nitrogens with one attached hydrogen (secondary N) is 1. The van der Waals surface area contributed by atoms with E-state index in [1.807, 2.05) is 6.92 Å². The average molecular weight is 384 g/mol. The van der Waals surface area contributed by atoms with Gasteiger partial charge in [-0.25, -0.2) is 0 Å². The van der Waals surface area contributed by atoms with Crippen LogP contribution in [0.3, 0.4) is 0 Å². The summed E-state index contributed by atoms with van der Waals surface area (Å²) in [7, 11) is -2.47. The van der Waals surface area contributed by atoms with Crippen LogP contribution in [0.1, 0.15) is 12.8 Å². The predicted octanol–water partition coefficient (Wildman–Crippen LogP) is 3.35. The Morgan fingerprint density at radius 3 is 2.64 bits per heavy atom. The Bertz CT molecular complexity index is 996. The van der Waals surface area contributed by atoms with Gasteiger partial charge in [0.2, 0.25) is 11.0 Å². The lowest BCUT2D eigenvalue weighted by molar-refractivity contribution is 0.415. The van der Waals surface area contributed by atoms with Crippen molar-refractivity contribution in [2.24, 2.45) is 0 Å². The standard InChI is InChI=1S/C15H14ClN3O5S/c1-3-13-17-18-15(24-13)12-6-7-14(23-12)25(20,21)19-9-4-5-11(22-2)10(16)8-9/h4-8,19H,3H2,1-2H3. The molecule has 0 bridgehead atoms. The smallest absolute Gasteiger partial charge is 0.295 e. The molecule has 0 radical (unpaired) electrons. The lowest BCUT2D eigenvalue weighted by Crippen LogP contribution is -2.12. The third-order valence-corrected chi connectivity index (χ3v) is 4.78. The fourth-order valence-corrected chi connectivity index (χ4v) is 3.25. The second-order valence-electron chi connectivity index (χ2n) is 4.93. The molecule has 1 N–H and O–H groups in total. The zero-order valence-electron chi connectivity index (χ0n) is 13.3. The summed E-state index contributed by atoms with van der Waals surface area (Å²) >= 11 is 5.99. The van der Waals surface area contributed by atoms with E-state index in [4.69, 9.17) is 25.2 Å². The number of anilines is 1.